The van der Waals surface area contributed by atoms with Gasteiger partial charge in [0.15, 0.2) is 11.5 Å². The first-order chi connectivity index (χ1) is 14.6. The summed E-state index contributed by atoms with van der Waals surface area (Å²) in [6.07, 6.45) is 4.74. The van der Waals surface area contributed by atoms with Gasteiger partial charge in [-0.05, 0) is 71.2 Å². The number of aromatic nitrogens is 1. The number of methoxy groups -OCH3 is 1. The van der Waals surface area contributed by atoms with Gasteiger partial charge in [0.2, 0.25) is 0 Å². The number of fused-ring (bicyclic) bond motifs is 3. The molecule has 3 heterocycles. The maximum atomic E-state index is 6.15. The largest absolute Gasteiger partial charge is 0.493 e. The van der Waals surface area contributed by atoms with Crippen LogP contribution in [-0.2, 0) is 11.2 Å². The molecule has 2 atom stereocenters. The van der Waals surface area contributed by atoms with Crippen molar-refractivity contribution in [1.82, 2.24) is 9.88 Å². The number of hydrogen-bond donors (Lipinski definition) is 1. The first kappa shape index (κ1) is 21.2. The average Bonchev–Trinajstić information content (AvgIpc) is 3.24. The van der Waals surface area contributed by atoms with E-state index in [1.54, 1.807) is 7.11 Å². The van der Waals surface area contributed by atoms with Gasteiger partial charge in [0.25, 0.3) is 0 Å². The molecule has 1 aromatic carbocycles. The van der Waals surface area contributed by atoms with Crippen molar-refractivity contribution in [3.05, 3.63) is 23.3 Å². The molecule has 164 valence electrons. The van der Waals surface area contributed by atoms with Crippen LogP contribution in [0.5, 0.6) is 11.5 Å². The second-order valence-electron chi connectivity index (χ2n) is 8.45. The lowest BCUT2D eigenvalue weighted by molar-refractivity contribution is -0.00397. The first-order valence-corrected chi connectivity index (χ1v) is 11.4. The van der Waals surface area contributed by atoms with E-state index in [1.165, 1.54) is 37.1 Å². The molecule has 2 unspecified atom stereocenters. The van der Waals surface area contributed by atoms with Gasteiger partial charge in [-0.3, -0.25) is 0 Å². The molecule has 0 bridgehead atoms. The zero-order valence-corrected chi connectivity index (χ0v) is 18.8. The number of hydrogen-bond acceptors (Lipinski definition) is 6. The van der Waals surface area contributed by atoms with Crippen LogP contribution in [0.1, 0.15) is 57.3 Å². The van der Waals surface area contributed by atoms with Crippen molar-refractivity contribution in [2.75, 3.05) is 45.2 Å². The van der Waals surface area contributed by atoms with Crippen molar-refractivity contribution in [1.29, 1.82) is 0 Å². The molecular weight excluding hydrogens is 378 g/mol. The fourth-order valence-electron chi connectivity index (χ4n) is 4.81. The predicted molar refractivity (Wildman–Crippen MR) is 121 cm³/mol. The minimum atomic E-state index is 0.0159. The Bertz CT molecular complexity index is 880. The van der Waals surface area contributed by atoms with Gasteiger partial charge in [-0.15, -0.1) is 0 Å². The fraction of sp³-hybridized carbons (Fsp3) is 0.625. The van der Waals surface area contributed by atoms with Crippen LogP contribution in [0.4, 0.5) is 5.82 Å². The molecule has 6 nitrogen and oxygen atoms in total. The topological polar surface area (TPSA) is 55.9 Å². The second kappa shape index (κ2) is 9.40. The minimum Gasteiger partial charge on any atom is -0.493 e. The zero-order chi connectivity index (χ0) is 21.1. The summed E-state index contributed by atoms with van der Waals surface area (Å²) >= 11 is 0. The summed E-state index contributed by atoms with van der Waals surface area (Å²) in [5, 5.41) is 4.57. The number of nitrogens with zero attached hydrogens (tertiary/aromatic N) is 2. The van der Waals surface area contributed by atoms with Crippen molar-refractivity contribution < 1.29 is 14.2 Å². The van der Waals surface area contributed by atoms with E-state index >= 15 is 0 Å². The van der Waals surface area contributed by atoms with Crippen molar-refractivity contribution in [3.8, 4) is 11.5 Å². The Morgan fingerprint density at radius 2 is 2.00 bits per heavy atom. The number of anilines is 1. The minimum absolute atomic E-state index is 0.0159. The van der Waals surface area contributed by atoms with E-state index in [1.807, 2.05) is 6.07 Å². The first-order valence-electron chi connectivity index (χ1n) is 11.4. The van der Waals surface area contributed by atoms with Crippen molar-refractivity contribution >= 4 is 16.7 Å². The normalized spacial score (nSPS) is 21.6. The highest BCUT2D eigenvalue weighted by molar-refractivity contribution is 5.89. The van der Waals surface area contributed by atoms with E-state index in [9.17, 15) is 0 Å². The Labute approximate surface area is 179 Å². The molecule has 4 rings (SSSR count). The van der Waals surface area contributed by atoms with Crippen LogP contribution >= 0.6 is 0 Å². The monoisotopic (exact) mass is 413 g/mol. The van der Waals surface area contributed by atoms with E-state index in [0.717, 1.165) is 54.2 Å². The maximum absolute atomic E-state index is 6.15. The van der Waals surface area contributed by atoms with E-state index in [0.29, 0.717) is 6.61 Å². The number of pyridine rings is 1. The summed E-state index contributed by atoms with van der Waals surface area (Å²) in [6.45, 7) is 11.4. The molecule has 0 aliphatic carbocycles. The van der Waals surface area contributed by atoms with Crippen molar-refractivity contribution in [3.63, 3.8) is 0 Å². The second-order valence-corrected chi connectivity index (χ2v) is 8.45. The number of benzene rings is 1. The third kappa shape index (κ3) is 4.35. The Morgan fingerprint density at radius 3 is 2.73 bits per heavy atom. The SMILES string of the molecule is CCNc1nc2cc(OCCCN3CCCC3)c(OC)cc2c2c1C(C)OC(C)C2. The molecule has 1 saturated heterocycles. The molecule has 30 heavy (non-hydrogen) atoms. The highest BCUT2D eigenvalue weighted by atomic mass is 16.5. The lowest BCUT2D eigenvalue weighted by Crippen LogP contribution is -2.24. The van der Waals surface area contributed by atoms with E-state index in [2.05, 4.69) is 37.1 Å². The van der Waals surface area contributed by atoms with Crippen LogP contribution in [0.3, 0.4) is 0 Å². The Morgan fingerprint density at radius 1 is 1.20 bits per heavy atom. The van der Waals surface area contributed by atoms with Crippen molar-refractivity contribution in [2.45, 2.75) is 58.7 Å². The van der Waals surface area contributed by atoms with Gasteiger partial charge in [-0.1, -0.05) is 0 Å². The number of nitrogens with one attached hydrogen (secondary N) is 1. The lowest BCUT2D eigenvalue weighted by Gasteiger charge is -2.31. The van der Waals surface area contributed by atoms with Gasteiger partial charge in [-0.25, -0.2) is 4.98 Å². The predicted octanol–water partition coefficient (Wildman–Crippen LogP) is 4.56. The van der Waals surface area contributed by atoms with Gasteiger partial charge >= 0.3 is 0 Å². The van der Waals surface area contributed by atoms with Crippen LogP contribution in [0.25, 0.3) is 10.9 Å². The Kier molecular flexibility index (Phi) is 6.64. The number of ether oxygens (including phenoxy) is 3. The third-order valence-corrected chi connectivity index (χ3v) is 6.17. The van der Waals surface area contributed by atoms with Gasteiger partial charge < -0.3 is 24.4 Å². The average molecular weight is 414 g/mol. The van der Waals surface area contributed by atoms with Crippen molar-refractivity contribution in [2.24, 2.45) is 0 Å². The summed E-state index contributed by atoms with van der Waals surface area (Å²) in [5.41, 5.74) is 3.42. The van der Waals surface area contributed by atoms with Gasteiger partial charge in [0.1, 0.15) is 5.82 Å². The standard InChI is InChI=1S/C24H35N3O3/c1-5-25-24-23-17(3)30-16(2)13-19(23)18-14-21(28-4)22(15-20(18)26-24)29-12-8-11-27-9-6-7-10-27/h14-17H,5-13H2,1-4H3,(H,25,26). The molecule has 0 amide bonds. The Hall–Kier alpha value is -2.05. The Balaban J connectivity index is 1.63. The van der Waals surface area contributed by atoms with Crippen LogP contribution in [0.15, 0.2) is 12.1 Å². The van der Waals surface area contributed by atoms with Gasteiger partial charge in [-0.2, -0.15) is 0 Å². The fourth-order valence-corrected chi connectivity index (χ4v) is 4.81. The number of likely N-dealkylation sites (tertiary alicyclic amines) is 1. The van der Waals surface area contributed by atoms with Crippen LogP contribution in [0.2, 0.25) is 0 Å². The molecular formula is C24H35N3O3. The van der Waals surface area contributed by atoms with E-state index < -0.39 is 0 Å². The molecule has 1 fully saturated rings. The molecule has 0 spiro atoms. The summed E-state index contributed by atoms with van der Waals surface area (Å²) < 4.78 is 17.9. The van der Waals surface area contributed by atoms with E-state index in [4.69, 9.17) is 19.2 Å². The number of rotatable bonds is 8. The van der Waals surface area contributed by atoms with Crippen LogP contribution in [-0.4, -0.2) is 55.9 Å². The zero-order valence-electron chi connectivity index (χ0n) is 18.8. The molecule has 6 heteroatoms. The summed E-state index contributed by atoms with van der Waals surface area (Å²) in [6, 6.07) is 4.13. The summed E-state index contributed by atoms with van der Waals surface area (Å²) in [4.78, 5) is 7.46. The maximum Gasteiger partial charge on any atom is 0.163 e. The van der Waals surface area contributed by atoms with E-state index in [-0.39, 0.29) is 12.2 Å². The molecule has 1 N–H and O–H groups in total. The molecule has 2 aliphatic rings. The quantitative estimate of drug-likeness (QED) is 0.640. The molecule has 2 aliphatic heterocycles. The van der Waals surface area contributed by atoms with Gasteiger partial charge in [0, 0.05) is 30.1 Å². The molecule has 1 aromatic heterocycles. The summed E-state index contributed by atoms with van der Waals surface area (Å²) in [7, 11) is 1.71. The summed E-state index contributed by atoms with van der Waals surface area (Å²) in [5.74, 6) is 2.47. The molecule has 0 radical (unpaired) electrons. The lowest BCUT2D eigenvalue weighted by atomic mass is 9.92. The van der Waals surface area contributed by atoms with Gasteiger partial charge in [0.05, 0.1) is 31.4 Å². The molecule has 2 aromatic rings. The highest BCUT2D eigenvalue weighted by Crippen LogP contribution is 2.41. The van der Waals surface area contributed by atoms with Crippen LogP contribution < -0.4 is 14.8 Å². The highest BCUT2D eigenvalue weighted by Gasteiger charge is 2.28. The third-order valence-electron chi connectivity index (χ3n) is 6.17. The smallest absolute Gasteiger partial charge is 0.163 e. The van der Waals surface area contributed by atoms with Crippen LogP contribution in [0, 0.1) is 0 Å². The molecule has 0 saturated carbocycles.